The topological polar surface area (TPSA) is 124 Å². The molecule has 0 spiro atoms. The van der Waals surface area contributed by atoms with E-state index in [9.17, 15) is 14.4 Å². The van der Waals surface area contributed by atoms with Gasteiger partial charge in [0, 0.05) is 50.9 Å². The Morgan fingerprint density at radius 3 is 1.05 bits per heavy atom. The highest BCUT2D eigenvalue weighted by Crippen LogP contribution is 2.65. The molecular weight excluding hydrogens is 791 g/mol. The number of hydrogen-bond acceptors (Lipinski definition) is 10. The smallest absolute Gasteiger partial charge is 0.425 e. The van der Waals surface area contributed by atoms with Gasteiger partial charge in [-0.3, -0.25) is 0 Å². The molecule has 3 aromatic rings. The molecule has 10 nitrogen and oxygen atoms in total. The molecule has 3 aliphatic heterocycles. The third-order valence-corrected chi connectivity index (χ3v) is 10.8. The molecule has 3 aliphatic rings. The highest BCUT2D eigenvalue weighted by molar-refractivity contribution is 9.11. The van der Waals surface area contributed by atoms with Crippen LogP contribution in [0.15, 0.2) is 49.8 Å². The fourth-order valence-electron chi connectivity index (χ4n) is 5.86. The Balaban J connectivity index is 1.50. The summed E-state index contributed by atoms with van der Waals surface area (Å²) in [6, 6.07) is 9.97. The first kappa shape index (κ1) is 31.6. The standard InChI is InChI=1S/C30H24Br3O10P/c1-13-7-16(31)10-19-22(13)25(34)38-28(19,4)41-44(37,42-29(5)20-11-17(32)8-14(2)23(20)26(35)39-29)43-30(6)21-12-18(33)9-15(3)24(21)27(36)40-30/h7-12H,1-6H3. The summed E-state index contributed by atoms with van der Waals surface area (Å²) in [6.45, 7) is 9.31. The summed E-state index contributed by atoms with van der Waals surface area (Å²) >= 11 is 10.3. The first-order valence-electron chi connectivity index (χ1n) is 13.2. The lowest BCUT2D eigenvalue weighted by Gasteiger charge is -2.36. The molecule has 0 aliphatic carbocycles. The van der Waals surface area contributed by atoms with Crippen molar-refractivity contribution in [2.24, 2.45) is 0 Å². The van der Waals surface area contributed by atoms with Crippen LogP contribution in [0.5, 0.6) is 0 Å². The van der Waals surface area contributed by atoms with E-state index in [0.29, 0.717) is 30.1 Å². The number of rotatable bonds is 6. The predicted molar refractivity (Wildman–Crippen MR) is 166 cm³/mol. The van der Waals surface area contributed by atoms with Gasteiger partial charge < -0.3 is 14.2 Å². The van der Waals surface area contributed by atoms with Crippen LogP contribution in [-0.4, -0.2) is 17.9 Å². The summed E-state index contributed by atoms with van der Waals surface area (Å²) in [6.07, 6.45) is 0. The zero-order valence-corrected chi connectivity index (χ0v) is 29.8. The van der Waals surface area contributed by atoms with Gasteiger partial charge in [0.15, 0.2) is 0 Å². The Bertz CT molecular complexity index is 1680. The third kappa shape index (κ3) is 5.01. The van der Waals surface area contributed by atoms with Crippen molar-refractivity contribution in [3.05, 3.63) is 99.9 Å². The lowest BCUT2D eigenvalue weighted by atomic mass is 9.99. The Hall–Kier alpha value is -2.38. The maximum absolute atomic E-state index is 15.1. The van der Waals surface area contributed by atoms with Crippen LogP contribution in [0.4, 0.5) is 0 Å². The molecule has 44 heavy (non-hydrogen) atoms. The maximum Gasteiger partial charge on any atom is 0.485 e. The minimum Gasteiger partial charge on any atom is -0.425 e. The van der Waals surface area contributed by atoms with Crippen molar-refractivity contribution in [1.29, 1.82) is 0 Å². The van der Waals surface area contributed by atoms with Crippen molar-refractivity contribution in [3.8, 4) is 0 Å². The van der Waals surface area contributed by atoms with Crippen LogP contribution in [0.25, 0.3) is 0 Å². The Labute approximate surface area is 277 Å². The zero-order valence-electron chi connectivity index (χ0n) is 24.1. The average Bonchev–Trinajstić information content (AvgIpc) is 3.35. The van der Waals surface area contributed by atoms with Crippen LogP contribution in [0, 0.1) is 20.8 Å². The van der Waals surface area contributed by atoms with E-state index in [4.69, 9.17) is 27.8 Å². The molecular formula is C30H24Br3O10P. The summed E-state index contributed by atoms with van der Waals surface area (Å²) in [5.74, 6) is -8.15. The Morgan fingerprint density at radius 1 is 0.545 bits per heavy atom. The van der Waals surface area contributed by atoms with E-state index in [1.807, 2.05) is 0 Å². The second-order valence-electron chi connectivity index (χ2n) is 11.2. The normalized spacial score (nSPS) is 26.4. The van der Waals surface area contributed by atoms with Gasteiger partial charge >= 0.3 is 25.7 Å². The number of carbonyl (C=O) groups excluding carboxylic acids is 3. The summed E-state index contributed by atoms with van der Waals surface area (Å²) < 4.78 is 52.2. The fourth-order valence-corrected chi connectivity index (χ4v) is 9.38. The molecule has 6 rings (SSSR count). The summed E-state index contributed by atoms with van der Waals surface area (Å²) in [5, 5.41) is 0. The number of fused-ring (bicyclic) bond motifs is 3. The largest absolute Gasteiger partial charge is 0.485 e. The number of hydrogen-bond donors (Lipinski definition) is 0. The lowest BCUT2D eigenvalue weighted by Crippen LogP contribution is -2.34. The van der Waals surface area contributed by atoms with Gasteiger partial charge in [-0.2, -0.15) is 0 Å². The van der Waals surface area contributed by atoms with E-state index >= 15 is 4.57 Å². The van der Waals surface area contributed by atoms with Crippen molar-refractivity contribution in [1.82, 2.24) is 0 Å². The number of carbonyl (C=O) groups is 3. The van der Waals surface area contributed by atoms with Crippen LogP contribution >= 0.6 is 55.6 Å². The van der Waals surface area contributed by atoms with E-state index in [1.54, 1.807) is 57.2 Å². The molecule has 0 bridgehead atoms. The predicted octanol–water partition coefficient (Wildman–Crippen LogP) is 8.49. The lowest BCUT2D eigenvalue weighted by molar-refractivity contribution is -0.210. The molecule has 0 N–H and O–H groups in total. The van der Waals surface area contributed by atoms with Crippen LogP contribution in [0.1, 0.15) is 85.2 Å². The van der Waals surface area contributed by atoms with Crippen molar-refractivity contribution in [2.75, 3.05) is 0 Å². The van der Waals surface area contributed by atoms with E-state index in [0.717, 1.165) is 0 Å². The van der Waals surface area contributed by atoms with Gasteiger partial charge in [-0.05, 0) is 73.9 Å². The molecule has 230 valence electrons. The third-order valence-electron chi connectivity index (χ3n) is 7.70. The second-order valence-corrected chi connectivity index (χ2v) is 15.4. The van der Waals surface area contributed by atoms with Gasteiger partial charge in [0.25, 0.3) is 0 Å². The monoisotopic (exact) mass is 812 g/mol. The van der Waals surface area contributed by atoms with Gasteiger partial charge in [-0.25, -0.2) is 32.5 Å². The minimum atomic E-state index is -5.08. The molecule has 0 fully saturated rings. The molecule has 3 aromatic carbocycles. The molecule has 0 saturated carbocycles. The molecule has 14 heteroatoms. The number of halogens is 3. The Kier molecular flexibility index (Phi) is 7.41. The number of esters is 3. The van der Waals surface area contributed by atoms with Crippen LogP contribution in [0.3, 0.4) is 0 Å². The minimum absolute atomic E-state index is 0.217. The molecule has 0 aromatic heterocycles. The quantitative estimate of drug-likeness (QED) is 0.136. The van der Waals surface area contributed by atoms with E-state index in [-0.39, 0.29) is 33.4 Å². The highest BCUT2D eigenvalue weighted by atomic mass is 79.9. The van der Waals surface area contributed by atoms with Crippen molar-refractivity contribution >= 4 is 73.5 Å². The van der Waals surface area contributed by atoms with Crippen molar-refractivity contribution < 1.29 is 46.7 Å². The average molecular weight is 815 g/mol. The van der Waals surface area contributed by atoms with Crippen molar-refractivity contribution in [2.45, 2.75) is 58.9 Å². The molecule has 0 saturated heterocycles. The highest BCUT2D eigenvalue weighted by Gasteiger charge is 2.59. The van der Waals surface area contributed by atoms with Crippen molar-refractivity contribution in [3.63, 3.8) is 0 Å². The Morgan fingerprint density at radius 2 is 0.795 bits per heavy atom. The second kappa shape index (κ2) is 10.3. The molecule has 3 unspecified atom stereocenters. The van der Waals surface area contributed by atoms with Gasteiger partial charge in [0.05, 0.1) is 16.7 Å². The zero-order chi connectivity index (χ0) is 32.1. The SMILES string of the molecule is Cc1cc(Br)cc2c1C(=O)OC2(C)OP(=O)(OC1(C)OC(=O)c2c(C)cc(Br)cc21)OC1(C)OC(=O)c2c(C)cc(Br)cc21. The van der Waals surface area contributed by atoms with Crippen LogP contribution < -0.4 is 0 Å². The van der Waals surface area contributed by atoms with E-state index < -0.39 is 43.1 Å². The number of benzene rings is 3. The number of ether oxygens (including phenoxy) is 3. The molecule has 0 amide bonds. The summed E-state index contributed by atoms with van der Waals surface area (Å²) in [4.78, 5) is 39.1. The molecule has 3 atom stereocenters. The van der Waals surface area contributed by atoms with E-state index in [2.05, 4.69) is 47.8 Å². The van der Waals surface area contributed by atoms with E-state index in [1.165, 1.54) is 20.8 Å². The number of phosphoric ester groups is 1. The first-order chi connectivity index (χ1) is 20.4. The molecule has 0 radical (unpaired) electrons. The summed E-state index contributed by atoms with van der Waals surface area (Å²) in [5.41, 5.74) is 3.16. The van der Waals surface area contributed by atoms with Gasteiger partial charge in [0.2, 0.25) is 17.4 Å². The number of cyclic esters (lactones) is 3. The van der Waals surface area contributed by atoms with Gasteiger partial charge in [0.1, 0.15) is 0 Å². The van der Waals surface area contributed by atoms with Gasteiger partial charge in [-0.1, -0.05) is 47.8 Å². The number of aryl methyl sites for hydroxylation is 3. The first-order valence-corrected chi connectivity index (χ1v) is 17.1. The molecule has 3 heterocycles. The van der Waals surface area contributed by atoms with Crippen LogP contribution in [-0.2, 0) is 49.7 Å². The van der Waals surface area contributed by atoms with Crippen LogP contribution in [0.2, 0.25) is 0 Å². The fraction of sp³-hybridized carbons (Fsp3) is 0.300. The maximum atomic E-state index is 15.1. The number of phosphoric acid groups is 1. The summed E-state index contributed by atoms with van der Waals surface area (Å²) in [7, 11) is -5.08. The van der Waals surface area contributed by atoms with Gasteiger partial charge in [-0.15, -0.1) is 0 Å².